The lowest BCUT2D eigenvalue weighted by atomic mass is 9.90. The van der Waals surface area contributed by atoms with E-state index in [2.05, 4.69) is 6.92 Å². The summed E-state index contributed by atoms with van der Waals surface area (Å²) in [5, 5.41) is 0. The van der Waals surface area contributed by atoms with E-state index < -0.39 is 0 Å². The molecule has 0 saturated heterocycles. The molecule has 1 rings (SSSR count). The topological polar surface area (TPSA) is 43.1 Å². The molecular formula is C17H33NO. The summed E-state index contributed by atoms with van der Waals surface area (Å²) in [4.78, 5) is 11.5. The molecule has 1 saturated carbocycles. The molecule has 19 heavy (non-hydrogen) atoms. The number of nitrogens with two attached hydrogens (primary N) is 1. The third-order valence-corrected chi connectivity index (χ3v) is 4.71. The molecule has 0 heterocycles. The van der Waals surface area contributed by atoms with Crippen molar-refractivity contribution < 1.29 is 4.79 Å². The number of unbranched alkanes of at least 4 members (excludes halogenated alkanes) is 5. The van der Waals surface area contributed by atoms with Crippen LogP contribution in [0.1, 0.15) is 90.4 Å². The van der Waals surface area contributed by atoms with Crippen molar-refractivity contribution in [3.8, 4) is 0 Å². The predicted octanol–water partition coefficient (Wildman–Crippen LogP) is 4.81. The molecule has 112 valence electrons. The summed E-state index contributed by atoms with van der Waals surface area (Å²) >= 11 is 0. The van der Waals surface area contributed by atoms with Gasteiger partial charge in [0.1, 0.15) is 0 Å². The maximum absolute atomic E-state index is 11.5. The van der Waals surface area contributed by atoms with Crippen LogP contribution < -0.4 is 5.73 Å². The van der Waals surface area contributed by atoms with E-state index in [-0.39, 0.29) is 11.8 Å². The molecule has 0 aromatic heterocycles. The normalized spacial score (nSPS) is 17.7. The highest BCUT2D eigenvalue weighted by molar-refractivity contribution is 5.76. The maximum Gasteiger partial charge on any atom is 0.220 e. The Labute approximate surface area is 119 Å². The summed E-state index contributed by atoms with van der Waals surface area (Å²) in [6, 6.07) is 0. The van der Waals surface area contributed by atoms with Gasteiger partial charge in [0.2, 0.25) is 5.91 Å². The molecule has 0 aromatic rings. The lowest BCUT2D eigenvalue weighted by molar-refractivity contribution is -0.122. The fourth-order valence-corrected chi connectivity index (χ4v) is 3.34. The second kappa shape index (κ2) is 10.3. The van der Waals surface area contributed by atoms with Crippen molar-refractivity contribution in [1.82, 2.24) is 0 Å². The second-order valence-electron chi connectivity index (χ2n) is 6.38. The largest absolute Gasteiger partial charge is 0.369 e. The van der Waals surface area contributed by atoms with Crippen LogP contribution in [0, 0.1) is 11.8 Å². The second-order valence-corrected chi connectivity index (χ2v) is 6.38. The molecule has 0 aromatic carbocycles. The Balaban J connectivity index is 2.08. The van der Waals surface area contributed by atoms with Crippen molar-refractivity contribution in [2.75, 3.05) is 0 Å². The van der Waals surface area contributed by atoms with Gasteiger partial charge < -0.3 is 5.73 Å². The molecule has 2 N–H and O–H groups in total. The zero-order valence-corrected chi connectivity index (χ0v) is 12.8. The summed E-state index contributed by atoms with van der Waals surface area (Å²) in [7, 11) is 0. The van der Waals surface area contributed by atoms with Gasteiger partial charge in [-0.2, -0.15) is 0 Å². The molecule has 1 aliphatic rings. The van der Waals surface area contributed by atoms with Crippen molar-refractivity contribution >= 4 is 5.91 Å². The number of carbonyl (C=O) groups is 1. The van der Waals surface area contributed by atoms with Gasteiger partial charge in [-0.05, 0) is 25.2 Å². The quantitative estimate of drug-likeness (QED) is 0.536. The molecule has 0 bridgehead atoms. The summed E-state index contributed by atoms with van der Waals surface area (Å²) in [5.74, 6) is 0.963. The molecular weight excluding hydrogens is 234 g/mol. The number of primary amides is 1. The maximum atomic E-state index is 11.5. The molecule has 0 aliphatic heterocycles. The van der Waals surface area contributed by atoms with E-state index in [1.54, 1.807) is 0 Å². The number of hydrogen-bond acceptors (Lipinski definition) is 1. The average molecular weight is 267 g/mol. The SMILES string of the molecule is CCCCCCCCC(CCC1CCCC1)C(N)=O. The van der Waals surface area contributed by atoms with Crippen LogP contribution in [0.4, 0.5) is 0 Å². The Hall–Kier alpha value is -0.530. The number of amides is 1. The molecule has 1 amide bonds. The van der Waals surface area contributed by atoms with Crippen LogP contribution in [0.3, 0.4) is 0 Å². The van der Waals surface area contributed by atoms with E-state index in [0.717, 1.165) is 18.8 Å². The van der Waals surface area contributed by atoms with E-state index in [9.17, 15) is 4.79 Å². The lowest BCUT2D eigenvalue weighted by Crippen LogP contribution is -2.23. The van der Waals surface area contributed by atoms with Gasteiger partial charge in [0.15, 0.2) is 0 Å². The van der Waals surface area contributed by atoms with Gasteiger partial charge in [-0.25, -0.2) is 0 Å². The van der Waals surface area contributed by atoms with E-state index in [1.807, 2.05) is 0 Å². The first-order chi connectivity index (χ1) is 9.24. The number of rotatable bonds is 11. The summed E-state index contributed by atoms with van der Waals surface area (Å²) < 4.78 is 0. The molecule has 0 spiro atoms. The zero-order valence-electron chi connectivity index (χ0n) is 12.8. The molecule has 1 aliphatic carbocycles. The first kappa shape index (κ1) is 16.5. The zero-order chi connectivity index (χ0) is 13.9. The van der Waals surface area contributed by atoms with Crippen molar-refractivity contribution in [3.05, 3.63) is 0 Å². The Morgan fingerprint density at radius 1 is 1.05 bits per heavy atom. The highest BCUT2D eigenvalue weighted by Crippen LogP contribution is 2.30. The molecule has 1 unspecified atom stereocenters. The van der Waals surface area contributed by atoms with Gasteiger partial charge in [0.05, 0.1) is 0 Å². The van der Waals surface area contributed by atoms with Crippen LogP contribution >= 0.6 is 0 Å². The van der Waals surface area contributed by atoms with Crippen LogP contribution in [0.5, 0.6) is 0 Å². The lowest BCUT2D eigenvalue weighted by Gasteiger charge is -2.15. The minimum atomic E-state index is -0.0634. The minimum Gasteiger partial charge on any atom is -0.369 e. The summed E-state index contributed by atoms with van der Waals surface area (Å²) in [5.41, 5.74) is 5.54. The Morgan fingerprint density at radius 2 is 1.68 bits per heavy atom. The van der Waals surface area contributed by atoms with Crippen LogP contribution in [0.15, 0.2) is 0 Å². The van der Waals surface area contributed by atoms with Crippen molar-refractivity contribution in [2.24, 2.45) is 17.6 Å². The average Bonchev–Trinajstić information content (AvgIpc) is 2.89. The molecule has 1 fully saturated rings. The van der Waals surface area contributed by atoms with Crippen LogP contribution in [0.2, 0.25) is 0 Å². The van der Waals surface area contributed by atoms with Crippen molar-refractivity contribution in [2.45, 2.75) is 90.4 Å². The number of hydrogen-bond donors (Lipinski definition) is 1. The van der Waals surface area contributed by atoms with E-state index in [0.29, 0.717) is 0 Å². The fourth-order valence-electron chi connectivity index (χ4n) is 3.34. The van der Waals surface area contributed by atoms with E-state index >= 15 is 0 Å². The van der Waals surface area contributed by atoms with Crippen LogP contribution in [0.25, 0.3) is 0 Å². The van der Waals surface area contributed by atoms with Gasteiger partial charge in [-0.15, -0.1) is 0 Å². The Morgan fingerprint density at radius 3 is 2.32 bits per heavy atom. The van der Waals surface area contributed by atoms with Crippen LogP contribution in [-0.4, -0.2) is 5.91 Å². The highest BCUT2D eigenvalue weighted by Gasteiger charge is 2.20. The standard InChI is InChI=1S/C17H33NO/c1-2-3-4-5-6-7-12-16(17(18)19)14-13-15-10-8-9-11-15/h15-16H,2-14H2,1H3,(H2,18,19). The molecule has 1 atom stereocenters. The van der Waals surface area contributed by atoms with Crippen molar-refractivity contribution in [1.29, 1.82) is 0 Å². The third-order valence-electron chi connectivity index (χ3n) is 4.71. The van der Waals surface area contributed by atoms with Crippen LogP contribution in [-0.2, 0) is 4.79 Å². The summed E-state index contributed by atoms with van der Waals surface area (Å²) in [6.45, 7) is 2.24. The summed E-state index contributed by atoms with van der Waals surface area (Å²) in [6.07, 6.45) is 16.6. The Kier molecular flexibility index (Phi) is 8.94. The molecule has 2 heteroatoms. The highest BCUT2D eigenvalue weighted by atomic mass is 16.1. The first-order valence-corrected chi connectivity index (χ1v) is 8.53. The molecule has 0 radical (unpaired) electrons. The predicted molar refractivity (Wildman–Crippen MR) is 81.9 cm³/mol. The minimum absolute atomic E-state index is 0.0634. The third kappa shape index (κ3) is 7.59. The van der Waals surface area contributed by atoms with Gasteiger partial charge >= 0.3 is 0 Å². The smallest absolute Gasteiger partial charge is 0.220 e. The molecule has 2 nitrogen and oxygen atoms in total. The fraction of sp³-hybridized carbons (Fsp3) is 0.941. The first-order valence-electron chi connectivity index (χ1n) is 8.53. The Bertz CT molecular complexity index is 233. The van der Waals surface area contributed by atoms with Gasteiger partial charge in [-0.1, -0.05) is 71.1 Å². The van der Waals surface area contributed by atoms with E-state index in [1.165, 1.54) is 70.6 Å². The van der Waals surface area contributed by atoms with Gasteiger partial charge in [0, 0.05) is 5.92 Å². The number of carbonyl (C=O) groups excluding carboxylic acids is 1. The van der Waals surface area contributed by atoms with Gasteiger partial charge in [-0.3, -0.25) is 4.79 Å². The van der Waals surface area contributed by atoms with Crippen molar-refractivity contribution in [3.63, 3.8) is 0 Å². The monoisotopic (exact) mass is 267 g/mol. The van der Waals surface area contributed by atoms with Gasteiger partial charge in [0.25, 0.3) is 0 Å². The van der Waals surface area contributed by atoms with E-state index in [4.69, 9.17) is 5.73 Å².